The number of benzene rings is 1. The van der Waals surface area contributed by atoms with Gasteiger partial charge in [-0.1, -0.05) is 12.1 Å². The molecule has 1 N–H and O–H groups in total. The Balaban J connectivity index is 2.14. The minimum atomic E-state index is -3.71. The van der Waals surface area contributed by atoms with Crippen LogP contribution in [0.25, 0.3) is 0 Å². The van der Waals surface area contributed by atoms with Crippen LogP contribution in [0.15, 0.2) is 52.0 Å². The first kappa shape index (κ1) is 16.5. The molecule has 0 fully saturated rings. The number of ether oxygens (including phenoxy) is 2. The molecule has 1 heterocycles. The zero-order chi connectivity index (χ0) is 16.0. The highest BCUT2D eigenvalue weighted by molar-refractivity contribution is 7.89. The van der Waals surface area contributed by atoms with Crippen molar-refractivity contribution in [1.29, 1.82) is 0 Å². The van der Waals surface area contributed by atoms with E-state index >= 15 is 0 Å². The van der Waals surface area contributed by atoms with E-state index in [1.165, 1.54) is 19.4 Å². The molecule has 0 saturated heterocycles. The molecule has 1 unspecified atom stereocenters. The van der Waals surface area contributed by atoms with E-state index in [1.807, 2.05) is 0 Å². The van der Waals surface area contributed by atoms with Crippen molar-refractivity contribution >= 4 is 10.0 Å². The minimum absolute atomic E-state index is 0.0623. The van der Waals surface area contributed by atoms with Gasteiger partial charge in [0.2, 0.25) is 10.0 Å². The number of para-hydroxylation sites is 1. The monoisotopic (exact) mass is 325 g/mol. The molecule has 0 radical (unpaired) electrons. The van der Waals surface area contributed by atoms with E-state index < -0.39 is 16.1 Å². The molecule has 0 aliphatic rings. The van der Waals surface area contributed by atoms with Crippen LogP contribution < -0.4 is 9.46 Å². The molecule has 2 rings (SSSR count). The van der Waals surface area contributed by atoms with Crippen molar-refractivity contribution in [3.8, 4) is 5.75 Å². The zero-order valence-corrected chi connectivity index (χ0v) is 13.3. The quantitative estimate of drug-likeness (QED) is 0.806. The van der Waals surface area contributed by atoms with Gasteiger partial charge in [0.15, 0.2) is 0 Å². The second-order valence-electron chi connectivity index (χ2n) is 4.47. The lowest BCUT2D eigenvalue weighted by Crippen LogP contribution is -2.29. The van der Waals surface area contributed by atoms with Crippen molar-refractivity contribution in [2.45, 2.75) is 17.9 Å². The Morgan fingerprint density at radius 3 is 2.64 bits per heavy atom. The van der Waals surface area contributed by atoms with Gasteiger partial charge >= 0.3 is 0 Å². The van der Waals surface area contributed by atoms with Gasteiger partial charge < -0.3 is 13.9 Å². The summed E-state index contributed by atoms with van der Waals surface area (Å²) >= 11 is 0. The van der Waals surface area contributed by atoms with Crippen LogP contribution in [-0.4, -0.2) is 28.7 Å². The van der Waals surface area contributed by atoms with Crippen LogP contribution in [0.4, 0.5) is 0 Å². The van der Waals surface area contributed by atoms with Gasteiger partial charge in [0.25, 0.3) is 0 Å². The van der Waals surface area contributed by atoms with E-state index in [0.717, 1.165) is 0 Å². The summed E-state index contributed by atoms with van der Waals surface area (Å²) in [5, 5.41) is 0. The lowest BCUT2D eigenvalue weighted by atomic mass is 10.3. The Labute approximate surface area is 130 Å². The lowest BCUT2D eigenvalue weighted by molar-refractivity contribution is 0.0878. The first-order chi connectivity index (χ1) is 10.6. The van der Waals surface area contributed by atoms with Crippen LogP contribution in [-0.2, 0) is 14.8 Å². The van der Waals surface area contributed by atoms with Crippen LogP contribution in [0.5, 0.6) is 5.75 Å². The van der Waals surface area contributed by atoms with Gasteiger partial charge in [0.05, 0.1) is 12.9 Å². The van der Waals surface area contributed by atoms with E-state index in [9.17, 15) is 8.42 Å². The summed E-state index contributed by atoms with van der Waals surface area (Å²) < 4.78 is 43.2. The number of furan rings is 1. The van der Waals surface area contributed by atoms with Crippen LogP contribution in [0, 0.1) is 0 Å². The van der Waals surface area contributed by atoms with Crippen molar-refractivity contribution in [3.63, 3.8) is 0 Å². The van der Waals surface area contributed by atoms with Crippen molar-refractivity contribution < 1.29 is 22.3 Å². The Morgan fingerprint density at radius 2 is 2.00 bits per heavy atom. The molecule has 2 aromatic rings. The van der Waals surface area contributed by atoms with Crippen LogP contribution in [0.3, 0.4) is 0 Å². The van der Waals surface area contributed by atoms with E-state index in [4.69, 9.17) is 13.9 Å². The van der Waals surface area contributed by atoms with Gasteiger partial charge in [-0.2, -0.15) is 0 Å². The van der Waals surface area contributed by atoms with E-state index in [-0.39, 0.29) is 11.4 Å². The normalized spacial score (nSPS) is 13.0. The summed E-state index contributed by atoms with van der Waals surface area (Å²) in [6.45, 7) is 2.25. The van der Waals surface area contributed by atoms with E-state index in [2.05, 4.69) is 4.72 Å². The van der Waals surface area contributed by atoms with Gasteiger partial charge in [-0.3, -0.25) is 0 Å². The molecule has 0 aliphatic carbocycles. The molecule has 0 saturated carbocycles. The molecule has 7 heteroatoms. The smallest absolute Gasteiger partial charge is 0.244 e. The number of hydrogen-bond acceptors (Lipinski definition) is 5. The minimum Gasteiger partial charge on any atom is -0.492 e. The molecule has 0 aliphatic heterocycles. The first-order valence-electron chi connectivity index (χ1n) is 6.86. The van der Waals surface area contributed by atoms with Crippen molar-refractivity contribution in [1.82, 2.24) is 4.72 Å². The summed E-state index contributed by atoms with van der Waals surface area (Å²) in [5.74, 6) is 0.882. The van der Waals surface area contributed by atoms with Gasteiger partial charge in [0, 0.05) is 13.7 Å². The largest absolute Gasteiger partial charge is 0.492 e. The number of rotatable bonds is 8. The standard InChI is InChI=1S/C15H19NO5S/c1-3-20-13-7-4-5-9-15(13)22(17,18)16-11-14(19-2)12-8-6-10-21-12/h4-10,14,16H,3,11H2,1-2H3. The summed E-state index contributed by atoms with van der Waals surface area (Å²) in [4.78, 5) is 0.103. The molecule has 0 amide bonds. The van der Waals surface area contributed by atoms with Crippen LogP contribution in [0.2, 0.25) is 0 Å². The highest BCUT2D eigenvalue weighted by Crippen LogP contribution is 2.24. The van der Waals surface area contributed by atoms with E-state index in [0.29, 0.717) is 18.1 Å². The highest BCUT2D eigenvalue weighted by Gasteiger charge is 2.22. The predicted octanol–water partition coefficient (Wildman–Crippen LogP) is 2.34. The molecule has 6 nitrogen and oxygen atoms in total. The summed E-state index contributed by atoms with van der Waals surface area (Å²) in [6.07, 6.45) is 1.02. The molecule has 1 aromatic heterocycles. The molecule has 1 aromatic carbocycles. The number of sulfonamides is 1. The van der Waals surface area contributed by atoms with Crippen molar-refractivity contribution in [3.05, 3.63) is 48.4 Å². The van der Waals surface area contributed by atoms with Gasteiger partial charge in [0.1, 0.15) is 22.5 Å². The molecular formula is C15H19NO5S. The Kier molecular flexibility index (Phi) is 5.59. The van der Waals surface area contributed by atoms with Gasteiger partial charge in [-0.05, 0) is 31.2 Å². The number of hydrogen-bond donors (Lipinski definition) is 1. The number of methoxy groups -OCH3 is 1. The zero-order valence-electron chi connectivity index (χ0n) is 12.5. The maximum atomic E-state index is 12.4. The summed E-state index contributed by atoms with van der Waals surface area (Å²) in [6, 6.07) is 9.96. The van der Waals surface area contributed by atoms with Crippen molar-refractivity contribution in [2.24, 2.45) is 0 Å². The third-order valence-corrected chi connectivity index (χ3v) is 4.51. The molecule has 120 valence electrons. The first-order valence-corrected chi connectivity index (χ1v) is 8.34. The second kappa shape index (κ2) is 7.44. The average Bonchev–Trinajstić information content (AvgIpc) is 3.03. The third kappa shape index (κ3) is 3.88. The second-order valence-corrected chi connectivity index (χ2v) is 6.21. The van der Waals surface area contributed by atoms with Gasteiger partial charge in [-0.15, -0.1) is 0 Å². The Morgan fingerprint density at radius 1 is 1.23 bits per heavy atom. The van der Waals surface area contributed by atoms with Gasteiger partial charge in [-0.25, -0.2) is 13.1 Å². The van der Waals surface area contributed by atoms with Crippen LogP contribution >= 0.6 is 0 Å². The fourth-order valence-electron chi connectivity index (χ4n) is 1.98. The van der Waals surface area contributed by atoms with Crippen LogP contribution in [0.1, 0.15) is 18.8 Å². The summed E-state index contributed by atoms with van der Waals surface area (Å²) in [7, 11) is -2.21. The maximum absolute atomic E-state index is 12.4. The fraction of sp³-hybridized carbons (Fsp3) is 0.333. The molecular weight excluding hydrogens is 306 g/mol. The third-order valence-electron chi connectivity index (χ3n) is 3.04. The average molecular weight is 325 g/mol. The summed E-state index contributed by atoms with van der Waals surface area (Å²) in [5.41, 5.74) is 0. The molecule has 0 bridgehead atoms. The SMILES string of the molecule is CCOc1ccccc1S(=O)(=O)NCC(OC)c1ccco1. The van der Waals surface area contributed by atoms with E-state index in [1.54, 1.807) is 37.3 Å². The number of nitrogens with one attached hydrogen (secondary N) is 1. The highest BCUT2D eigenvalue weighted by atomic mass is 32.2. The Hall–Kier alpha value is -1.83. The lowest BCUT2D eigenvalue weighted by Gasteiger charge is -2.15. The molecule has 0 spiro atoms. The Bertz CT molecular complexity index is 682. The molecule has 22 heavy (non-hydrogen) atoms. The maximum Gasteiger partial charge on any atom is 0.244 e. The van der Waals surface area contributed by atoms with Crippen molar-refractivity contribution in [2.75, 3.05) is 20.3 Å². The topological polar surface area (TPSA) is 77.8 Å². The fourth-order valence-corrected chi connectivity index (χ4v) is 3.16. The molecule has 1 atom stereocenters. The predicted molar refractivity (Wildman–Crippen MR) is 81.3 cm³/mol.